The summed E-state index contributed by atoms with van der Waals surface area (Å²) in [5.41, 5.74) is 6.23. The first-order chi connectivity index (χ1) is 12.6. The van der Waals surface area contributed by atoms with Gasteiger partial charge in [-0.05, 0) is 18.9 Å². The Morgan fingerprint density at radius 2 is 2.00 bits per heavy atom. The number of nitrogens with zero attached hydrogens (tertiary/aromatic N) is 6. The van der Waals surface area contributed by atoms with Crippen molar-refractivity contribution in [3.8, 4) is 21.5 Å². The van der Waals surface area contributed by atoms with E-state index in [0.717, 1.165) is 47.2 Å². The van der Waals surface area contributed by atoms with Crippen molar-refractivity contribution in [3.63, 3.8) is 0 Å². The largest absolute Gasteiger partial charge is 0.369 e. The summed E-state index contributed by atoms with van der Waals surface area (Å²) in [6.45, 7) is 4.90. The molecule has 3 heterocycles. The number of carbonyl (C=O) groups excluding carboxylic acids is 1. The van der Waals surface area contributed by atoms with Crippen molar-refractivity contribution in [2.24, 2.45) is 5.73 Å². The molecule has 3 aromatic rings. The highest BCUT2D eigenvalue weighted by molar-refractivity contribution is 7.18. The lowest BCUT2D eigenvalue weighted by Crippen LogP contribution is -2.14. The number of aryl methyl sites for hydroxylation is 2. The smallest absolute Gasteiger partial charge is 0.225 e. The van der Waals surface area contributed by atoms with Gasteiger partial charge in [0.1, 0.15) is 0 Å². The maximum Gasteiger partial charge on any atom is 0.225 e. The Balaban J connectivity index is 2.05. The molecule has 8 nitrogen and oxygen atoms in total. The van der Waals surface area contributed by atoms with Crippen LogP contribution >= 0.6 is 11.3 Å². The Morgan fingerprint density at radius 3 is 2.65 bits per heavy atom. The van der Waals surface area contributed by atoms with Crippen LogP contribution in [0.1, 0.15) is 38.2 Å². The summed E-state index contributed by atoms with van der Waals surface area (Å²) in [5.74, 6) is 1.32. The second-order valence-electron chi connectivity index (χ2n) is 5.79. The van der Waals surface area contributed by atoms with E-state index in [9.17, 15) is 4.79 Å². The first kappa shape index (κ1) is 18.1. The van der Waals surface area contributed by atoms with E-state index in [1.165, 1.54) is 11.3 Å². The monoisotopic (exact) mass is 371 g/mol. The third-order valence-electron chi connectivity index (χ3n) is 3.76. The van der Waals surface area contributed by atoms with Crippen LogP contribution in [-0.4, -0.2) is 35.6 Å². The molecule has 0 unspecified atom stereocenters. The van der Waals surface area contributed by atoms with Gasteiger partial charge in [-0.15, -0.1) is 11.3 Å². The van der Waals surface area contributed by atoms with Crippen molar-refractivity contribution in [3.05, 3.63) is 30.0 Å². The molecule has 0 spiro atoms. The molecule has 3 rings (SSSR count). The van der Waals surface area contributed by atoms with Crippen LogP contribution in [0.5, 0.6) is 0 Å². The fourth-order valence-electron chi connectivity index (χ4n) is 2.52. The summed E-state index contributed by atoms with van der Waals surface area (Å²) in [4.78, 5) is 30.0. The minimum Gasteiger partial charge on any atom is -0.369 e. The summed E-state index contributed by atoms with van der Waals surface area (Å²) >= 11 is 1.49. The molecule has 26 heavy (non-hydrogen) atoms. The van der Waals surface area contributed by atoms with E-state index >= 15 is 0 Å². The van der Waals surface area contributed by atoms with Crippen molar-refractivity contribution in [2.75, 3.05) is 0 Å². The number of hydrogen-bond acceptors (Lipinski definition) is 7. The maximum absolute atomic E-state index is 11.3. The Bertz CT molecular complexity index is 888. The zero-order chi connectivity index (χ0) is 18.5. The Hall–Kier alpha value is -2.68. The molecule has 1 amide bonds. The number of nitrogens with two attached hydrogens (primary N) is 1. The highest BCUT2D eigenvalue weighted by Crippen LogP contribution is 2.33. The van der Waals surface area contributed by atoms with E-state index in [2.05, 4.69) is 32.0 Å². The number of rotatable bonds is 8. The lowest BCUT2D eigenvalue weighted by atomic mass is 10.2. The molecule has 9 heteroatoms. The van der Waals surface area contributed by atoms with Gasteiger partial charge in [0.05, 0.1) is 17.0 Å². The van der Waals surface area contributed by atoms with Crippen LogP contribution in [0.4, 0.5) is 0 Å². The predicted octanol–water partition coefficient (Wildman–Crippen LogP) is 2.25. The number of amides is 1. The fourth-order valence-corrected chi connectivity index (χ4v) is 3.62. The number of hydrogen-bond donors (Lipinski definition) is 1. The predicted molar refractivity (Wildman–Crippen MR) is 99.3 cm³/mol. The topological polar surface area (TPSA) is 112 Å². The molecule has 0 aliphatic rings. The minimum atomic E-state index is -0.442. The Labute approximate surface area is 155 Å². The van der Waals surface area contributed by atoms with E-state index in [0.29, 0.717) is 11.6 Å². The Morgan fingerprint density at radius 1 is 1.23 bits per heavy atom. The molecular formula is C17H21N7OS. The average molecular weight is 371 g/mol. The van der Waals surface area contributed by atoms with Gasteiger partial charge in [0.2, 0.25) is 5.91 Å². The highest BCUT2D eigenvalue weighted by atomic mass is 32.1. The van der Waals surface area contributed by atoms with E-state index in [4.69, 9.17) is 5.73 Å². The molecule has 0 saturated heterocycles. The van der Waals surface area contributed by atoms with Gasteiger partial charge >= 0.3 is 0 Å². The molecule has 3 aromatic heterocycles. The molecule has 0 saturated carbocycles. The molecule has 2 N–H and O–H groups in total. The molecule has 0 aliphatic carbocycles. The van der Waals surface area contributed by atoms with Crippen molar-refractivity contribution in [2.45, 2.75) is 46.1 Å². The number of primary amides is 1. The third kappa shape index (κ3) is 3.93. The van der Waals surface area contributed by atoms with Gasteiger partial charge < -0.3 is 5.73 Å². The lowest BCUT2D eigenvalue weighted by Gasteiger charge is -2.04. The average Bonchev–Trinajstić information content (AvgIpc) is 3.23. The molecule has 0 fully saturated rings. The second-order valence-corrected chi connectivity index (χ2v) is 6.79. The van der Waals surface area contributed by atoms with E-state index in [-0.39, 0.29) is 6.42 Å². The highest BCUT2D eigenvalue weighted by Gasteiger charge is 2.21. The zero-order valence-electron chi connectivity index (χ0n) is 14.8. The summed E-state index contributed by atoms with van der Waals surface area (Å²) < 4.78 is 1.85. The van der Waals surface area contributed by atoms with Gasteiger partial charge in [-0.2, -0.15) is 5.10 Å². The van der Waals surface area contributed by atoms with Crippen LogP contribution in [-0.2, 0) is 24.2 Å². The normalized spacial score (nSPS) is 11.0. The van der Waals surface area contributed by atoms with E-state index in [1.54, 1.807) is 18.5 Å². The summed E-state index contributed by atoms with van der Waals surface area (Å²) in [7, 11) is 0. The van der Waals surface area contributed by atoms with Crippen molar-refractivity contribution < 1.29 is 4.79 Å². The lowest BCUT2D eigenvalue weighted by molar-refractivity contribution is -0.117. The van der Waals surface area contributed by atoms with E-state index < -0.39 is 5.91 Å². The number of thiazole rings is 1. The maximum atomic E-state index is 11.3. The van der Waals surface area contributed by atoms with Crippen molar-refractivity contribution in [1.82, 2.24) is 29.7 Å². The van der Waals surface area contributed by atoms with Crippen LogP contribution in [0, 0.1) is 0 Å². The standard InChI is InChI=1S/C17H21N7OS/c1-3-5-9-24-16(22-13(23-24)10-12(18)25)14-11(4-2)21-17(26-14)15-19-7-6-8-20-15/h6-8H,3-5,9-10H2,1-2H3,(H2,18,25). The van der Waals surface area contributed by atoms with E-state index in [1.807, 2.05) is 11.6 Å². The summed E-state index contributed by atoms with van der Waals surface area (Å²) in [6.07, 6.45) is 6.19. The first-order valence-corrected chi connectivity index (χ1v) is 9.43. The van der Waals surface area contributed by atoms with Crippen molar-refractivity contribution in [1.29, 1.82) is 0 Å². The quantitative estimate of drug-likeness (QED) is 0.650. The van der Waals surface area contributed by atoms with Crippen LogP contribution < -0.4 is 5.73 Å². The zero-order valence-corrected chi connectivity index (χ0v) is 15.7. The van der Waals surface area contributed by atoms with Crippen LogP contribution in [0.3, 0.4) is 0 Å². The van der Waals surface area contributed by atoms with Crippen molar-refractivity contribution >= 4 is 17.2 Å². The van der Waals surface area contributed by atoms with Gasteiger partial charge in [-0.25, -0.2) is 24.6 Å². The molecule has 0 bridgehead atoms. The first-order valence-electron chi connectivity index (χ1n) is 8.61. The Kier molecular flexibility index (Phi) is 5.67. The fraction of sp³-hybridized carbons (Fsp3) is 0.412. The van der Waals surface area contributed by atoms with Gasteiger partial charge in [0, 0.05) is 18.9 Å². The summed E-state index contributed by atoms with van der Waals surface area (Å²) in [6, 6.07) is 1.77. The molecule has 0 aromatic carbocycles. The van der Waals surface area contributed by atoms with Crippen LogP contribution in [0.15, 0.2) is 18.5 Å². The molecule has 136 valence electrons. The minimum absolute atomic E-state index is 0.0288. The van der Waals surface area contributed by atoms with Gasteiger partial charge in [0.25, 0.3) is 0 Å². The van der Waals surface area contributed by atoms with Crippen LogP contribution in [0.25, 0.3) is 21.5 Å². The van der Waals surface area contributed by atoms with Gasteiger partial charge in [-0.3, -0.25) is 4.79 Å². The second kappa shape index (κ2) is 8.13. The molecule has 0 atom stereocenters. The number of aromatic nitrogens is 6. The van der Waals surface area contributed by atoms with Gasteiger partial charge in [-0.1, -0.05) is 20.3 Å². The molecule has 0 aliphatic heterocycles. The SMILES string of the molecule is CCCCn1nc(CC(N)=O)nc1-c1sc(-c2ncccn2)nc1CC. The van der Waals surface area contributed by atoms with Gasteiger partial charge in [0.15, 0.2) is 22.5 Å². The summed E-state index contributed by atoms with van der Waals surface area (Å²) in [5, 5.41) is 5.22. The molecule has 0 radical (unpaired) electrons. The molecular weight excluding hydrogens is 350 g/mol. The van der Waals surface area contributed by atoms with Crippen LogP contribution in [0.2, 0.25) is 0 Å². The third-order valence-corrected chi connectivity index (χ3v) is 4.85. The number of carbonyl (C=O) groups is 1. The number of unbranched alkanes of at least 4 members (excludes halogenated alkanes) is 1.